The number of nitrogens with zero attached hydrogens (tertiary/aromatic N) is 6. The van der Waals surface area contributed by atoms with Gasteiger partial charge in [0.2, 0.25) is 0 Å². The quantitative estimate of drug-likeness (QED) is 0.136. The average Bonchev–Trinajstić information content (AvgIpc) is 4.03. The molecule has 0 aliphatic carbocycles. The predicted molar refractivity (Wildman–Crippen MR) is 265 cm³/mol. The third kappa shape index (κ3) is 10.1. The number of rotatable bonds is 10. The molecule has 0 N–H and O–H groups in total. The Kier molecular flexibility index (Phi) is 14.0. The van der Waals surface area contributed by atoms with Gasteiger partial charge in [-0.3, -0.25) is 18.4 Å². The van der Waals surface area contributed by atoms with Gasteiger partial charge in [0.25, 0.3) is 11.1 Å². The smallest absolute Gasteiger partial charge is 0.261 e. The van der Waals surface area contributed by atoms with E-state index >= 15 is 0 Å². The van der Waals surface area contributed by atoms with Crippen molar-refractivity contribution in [1.82, 2.24) is 28.6 Å². The van der Waals surface area contributed by atoms with Crippen molar-refractivity contribution in [3.8, 4) is 0 Å². The number of aryl methyl sites for hydroxylation is 2. The number of piperidine rings is 2. The molecule has 0 atom stereocenters. The van der Waals surface area contributed by atoms with Crippen LogP contribution >= 0.6 is 22.7 Å². The Hall–Kier alpha value is -6.18. The van der Waals surface area contributed by atoms with E-state index in [0.29, 0.717) is 12.8 Å². The standard InChI is InChI=1S/2C27H26FN3OS/c2*1-19-24(26(32)31-17-18-33-27(31)29-19)13-16-30-14-11-22(12-15-30)25(20-5-3-2-4-6-20)21-7-9-23(28)10-8-21/h2*2-10,17-18H,11-16H2,1H3. The van der Waals surface area contributed by atoms with E-state index in [2.05, 4.69) is 44.0 Å². The van der Waals surface area contributed by atoms with Crippen molar-refractivity contribution in [2.24, 2.45) is 0 Å². The lowest BCUT2D eigenvalue weighted by molar-refractivity contribution is 0.259. The molecule has 4 aromatic carbocycles. The third-order valence-electron chi connectivity index (χ3n) is 12.9. The molecule has 12 heteroatoms. The van der Waals surface area contributed by atoms with Gasteiger partial charge in [-0.05, 0) is 110 Å². The Labute approximate surface area is 391 Å². The zero-order valence-electron chi connectivity index (χ0n) is 37.3. The Bertz CT molecular complexity index is 2900. The second kappa shape index (κ2) is 20.6. The predicted octanol–water partition coefficient (Wildman–Crippen LogP) is 10.7. The first-order valence-corrected chi connectivity index (χ1v) is 24.4. The zero-order chi connectivity index (χ0) is 45.6. The molecule has 6 heterocycles. The molecule has 0 amide bonds. The fourth-order valence-corrected chi connectivity index (χ4v) is 10.8. The van der Waals surface area contributed by atoms with Gasteiger partial charge in [-0.2, -0.15) is 0 Å². The summed E-state index contributed by atoms with van der Waals surface area (Å²) in [5.74, 6) is -0.431. The molecule has 0 radical (unpaired) electrons. The van der Waals surface area contributed by atoms with Crippen LogP contribution in [0.5, 0.6) is 0 Å². The maximum Gasteiger partial charge on any atom is 0.261 e. The summed E-state index contributed by atoms with van der Waals surface area (Å²) in [6.07, 6.45) is 8.86. The first-order valence-electron chi connectivity index (χ1n) is 22.6. The molecule has 2 aliphatic rings. The van der Waals surface area contributed by atoms with Gasteiger partial charge in [0.15, 0.2) is 9.92 Å². The topological polar surface area (TPSA) is 75.2 Å². The van der Waals surface area contributed by atoms with Gasteiger partial charge in [0, 0.05) is 84.9 Å². The number of hydrogen-bond donors (Lipinski definition) is 0. The van der Waals surface area contributed by atoms with Crippen molar-refractivity contribution in [2.75, 3.05) is 39.3 Å². The van der Waals surface area contributed by atoms with Gasteiger partial charge < -0.3 is 9.80 Å². The summed E-state index contributed by atoms with van der Waals surface area (Å²) in [5, 5.41) is 3.80. The maximum atomic E-state index is 13.5. The monoisotopic (exact) mass is 918 g/mol. The molecular weight excluding hydrogens is 867 g/mol. The fraction of sp³-hybridized carbons (Fsp3) is 0.259. The van der Waals surface area contributed by atoms with E-state index in [-0.39, 0.29) is 22.8 Å². The lowest BCUT2D eigenvalue weighted by Crippen LogP contribution is -2.34. The number of fused-ring (bicyclic) bond motifs is 2. The maximum absolute atomic E-state index is 13.5. The van der Waals surface area contributed by atoms with Crippen molar-refractivity contribution < 1.29 is 8.78 Å². The second-order valence-corrected chi connectivity index (χ2v) is 18.7. The van der Waals surface area contributed by atoms with Crippen molar-refractivity contribution in [1.29, 1.82) is 0 Å². The second-order valence-electron chi connectivity index (χ2n) is 17.0. The van der Waals surface area contributed by atoms with Gasteiger partial charge in [0.1, 0.15) is 11.6 Å². The van der Waals surface area contributed by atoms with Crippen LogP contribution in [0.3, 0.4) is 0 Å². The van der Waals surface area contributed by atoms with Crippen LogP contribution in [-0.4, -0.2) is 67.8 Å². The fourth-order valence-electron chi connectivity index (χ4n) is 9.34. The van der Waals surface area contributed by atoms with E-state index < -0.39 is 0 Å². The molecule has 8 aromatic rings. The van der Waals surface area contributed by atoms with E-state index in [1.807, 2.05) is 85.3 Å². The van der Waals surface area contributed by atoms with Crippen molar-refractivity contribution in [3.05, 3.63) is 221 Å². The molecule has 66 heavy (non-hydrogen) atoms. The minimum atomic E-state index is -0.215. The number of aromatic nitrogens is 4. The molecule has 4 aromatic heterocycles. The molecule has 10 rings (SSSR count). The average molecular weight is 919 g/mol. The van der Waals surface area contributed by atoms with E-state index in [1.54, 1.807) is 21.2 Å². The Morgan fingerprint density at radius 1 is 0.515 bits per heavy atom. The molecule has 336 valence electrons. The number of thiazole rings is 2. The third-order valence-corrected chi connectivity index (χ3v) is 14.4. The van der Waals surface area contributed by atoms with Gasteiger partial charge in [-0.25, -0.2) is 18.7 Å². The highest BCUT2D eigenvalue weighted by Gasteiger charge is 2.22. The highest BCUT2D eigenvalue weighted by molar-refractivity contribution is 7.15. The van der Waals surface area contributed by atoms with Crippen LogP contribution < -0.4 is 11.1 Å². The minimum absolute atomic E-state index is 0.0546. The summed E-state index contributed by atoms with van der Waals surface area (Å²) in [6, 6.07) is 34.4. The summed E-state index contributed by atoms with van der Waals surface area (Å²) in [4.78, 5) is 41.2. The lowest BCUT2D eigenvalue weighted by Gasteiger charge is -2.30. The van der Waals surface area contributed by atoms with E-state index in [4.69, 9.17) is 0 Å². The number of hydrogen-bond acceptors (Lipinski definition) is 8. The molecule has 0 spiro atoms. The first kappa shape index (κ1) is 45.0. The van der Waals surface area contributed by atoms with Gasteiger partial charge in [-0.1, -0.05) is 96.1 Å². The molecule has 2 fully saturated rings. The van der Waals surface area contributed by atoms with E-state index in [1.165, 1.54) is 80.4 Å². The van der Waals surface area contributed by atoms with E-state index in [0.717, 1.165) is 109 Å². The van der Waals surface area contributed by atoms with E-state index in [9.17, 15) is 18.4 Å². The van der Waals surface area contributed by atoms with Crippen molar-refractivity contribution >= 4 is 43.7 Å². The van der Waals surface area contributed by atoms with Crippen LogP contribution in [0.25, 0.3) is 21.1 Å². The molecule has 0 bridgehead atoms. The zero-order valence-corrected chi connectivity index (χ0v) is 38.9. The molecule has 2 saturated heterocycles. The SMILES string of the molecule is Cc1nc2sccn2c(=O)c1CCN1CCC(=C(c2ccccc2)c2ccc(F)cc2)CC1.Cc1nc2sccn2c(=O)c1CCN1CCC(=C(c2ccccc2)c2ccc(F)cc2)CC1. The summed E-state index contributed by atoms with van der Waals surface area (Å²) in [5.41, 5.74) is 13.1. The lowest BCUT2D eigenvalue weighted by atomic mass is 9.88. The van der Waals surface area contributed by atoms with Crippen LogP contribution in [0.2, 0.25) is 0 Å². The molecule has 2 aliphatic heterocycles. The first-order chi connectivity index (χ1) is 32.2. The minimum Gasteiger partial charge on any atom is -0.302 e. The summed E-state index contributed by atoms with van der Waals surface area (Å²) in [6.45, 7) is 9.34. The number of benzene rings is 4. The normalized spacial score (nSPS) is 14.7. The van der Waals surface area contributed by atoms with Crippen LogP contribution in [0, 0.1) is 25.5 Å². The van der Waals surface area contributed by atoms with Gasteiger partial charge in [-0.15, -0.1) is 22.7 Å². The van der Waals surface area contributed by atoms with Crippen LogP contribution in [0.4, 0.5) is 8.78 Å². The Morgan fingerprint density at radius 3 is 1.23 bits per heavy atom. The summed E-state index contributed by atoms with van der Waals surface area (Å²) < 4.78 is 30.4. The highest BCUT2D eigenvalue weighted by atomic mass is 32.1. The highest BCUT2D eigenvalue weighted by Crippen LogP contribution is 2.34. The Morgan fingerprint density at radius 2 is 0.864 bits per heavy atom. The van der Waals surface area contributed by atoms with Gasteiger partial charge >= 0.3 is 0 Å². The summed E-state index contributed by atoms with van der Waals surface area (Å²) in [7, 11) is 0. The molecule has 8 nitrogen and oxygen atoms in total. The number of halogens is 2. The summed E-state index contributed by atoms with van der Waals surface area (Å²) >= 11 is 2.97. The van der Waals surface area contributed by atoms with Crippen LogP contribution in [0.1, 0.15) is 70.5 Å². The largest absolute Gasteiger partial charge is 0.302 e. The van der Waals surface area contributed by atoms with Crippen molar-refractivity contribution in [3.63, 3.8) is 0 Å². The van der Waals surface area contributed by atoms with Crippen molar-refractivity contribution in [2.45, 2.75) is 52.4 Å². The Balaban J connectivity index is 0.000000166. The van der Waals surface area contributed by atoms with Crippen LogP contribution in [-0.2, 0) is 12.8 Å². The van der Waals surface area contributed by atoms with Gasteiger partial charge in [0.05, 0.1) is 0 Å². The number of likely N-dealkylation sites (tertiary alicyclic amines) is 2. The molecular formula is C54H52F2N6O2S2. The van der Waals surface area contributed by atoms with Crippen LogP contribution in [0.15, 0.2) is 153 Å². The molecule has 0 unspecified atom stereocenters. The molecule has 0 saturated carbocycles.